The normalized spacial score (nSPS) is 24.7. The van der Waals surface area contributed by atoms with Crippen LogP contribution in [0, 0.1) is 0 Å². The topological polar surface area (TPSA) is 46.6 Å². The van der Waals surface area contributed by atoms with Crippen molar-refractivity contribution in [1.29, 1.82) is 0 Å². The van der Waals surface area contributed by atoms with E-state index in [1.165, 1.54) is 4.90 Å². The van der Waals surface area contributed by atoms with Crippen molar-refractivity contribution in [3.63, 3.8) is 0 Å². The summed E-state index contributed by atoms with van der Waals surface area (Å²) in [5.41, 5.74) is 0. The van der Waals surface area contributed by atoms with Crippen LogP contribution in [0.1, 0.15) is 6.92 Å². The highest BCUT2D eigenvalue weighted by Gasteiger charge is 2.30. The number of carbonyl (C=O) groups excluding carboxylic acids is 2. The summed E-state index contributed by atoms with van der Waals surface area (Å²) in [5.74, 6) is 0. The fraction of sp³-hybridized carbons (Fsp3) is 0.667. The van der Waals surface area contributed by atoms with Gasteiger partial charge in [0.25, 0.3) is 0 Å². The van der Waals surface area contributed by atoms with Gasteiger partial charge in [0.2, 0.25) is 0 Å². The standard InChI is InChI=1S/C6H9NO3/c1-2-7-5(3-8)4-10-6(7)9/h3,5H,2,4H2,1H3/t5-/m1/s1. The number of hydrogen-bond acceptors (Lipinski definition) is 3. The molecule has 1 aliphatic rings. The molecule has 0 N–H and O–H groups in total. The number of aldehydes is 1. The number of amides is 1. The molecule has 1 atom stereocenters. The summed E-state index contributed by atoms with van der Waals surface area (Å²) in [6.07, 6.45) is 0.341. The number of nitrogens with zero attached hydrogens (tertiary/aromatic N) is 1. The van der Waals surface area contributed by atoms with Crippen molar-refractivity contribution >= 4 is 12.4 Å². The van der Waals surface area contributed by atoms with Crippen molar-refractivity contribution < 1.29 is 14.3 Å². The van der Waals surface area contributed by atoms with Crippen molar-refractivity contribution in [2.45, 2.75) is 13.0 Å². The Labute approximate surface area is 58.8 Å². The Balaban J connectivity index is 2.62. The molecular weight excluding hydrogens is 134 g/mol. The summed E-state index contributed by atoms with van der Waals surface area (Å²) in [6, 6.07) is -0.363. The van der Waals surface area contributed by atoms with E-state index in [1.807, 2.05) is 6.92 Å². The van der Waals surface area contributed by atoms with Gasteiger partial charge in [0.15, 0.2) is 0 Å². The van der Waals surface area contributed by atoms with Gasteiger partial charge in [0, 0.05) is 6.54 Å². The zero-order valence-electron chi connectivity index (χ0n) is 5.74. The van der Waals surface area contributed by atoms with E-state index in [4.69, 9.17) is 0 Å². The Morgan fingerprint density at radius 3 is 3.00 bits per heavy atom. The van der Waals surface area contributed by atoms with Gasteiger partial charge in [-0.15, -0.1) is 0 Å². The van der Waals surface area contributed by atoms with Crippen LogP contribution in [0.5, 0.6) is 0 Å². The van der Waals surface area contributed by atoms with Gasteiger partial charge in [-0.05, 0) is 6.92 Å². The zero-order valence-corrected chi connectivity index (χ0v) is 5.74. The van der Waals surface area contributed by atoms with Crippen LogP contribution in [0.25, 0.3) is 0 Å². The molecule has 1 amide bonds. The van der Waals surface area contributed by atoms with E-state index in [1.54, 1.807) is 0 Å². The lowest BCUT2D eigenvalue weighted by Crippen LogP contribution is -2.34. The molecule has 0 spiro atoms. The fourth-order valence-electron chi connectivity index (χ4n) is 0.941. The van der Waals surface area contributed by atoms with Gasteiger partial charge in [0.05, 0.1) is 0 Å². The van der Waals surface area contributed by atoms with Gasteiger partial charge < -0.3 is 9.53 Å². The first-order valence-corrected chi connectivity index (χ1v) is 3.18. The molecule has 0 aromatic rings. The first-order chi connectivity index (χ1) is 4.79. The Morgan fingerprint density at radius 1 is 1.90 bits per heavy atom. The third-order valence-corrected chi connectivity index (χ3v) is 1.51. The first-order valence-electron chi connectivity index (χ1n) is 3.18. The van der Waals surface area contributed by atoms with Gasteiger partial charge in [0.1, 0.15) is 18.9 Å². The fourth-order valence-corrected chi connectivity index (χ4v) is 0.941. The average Bonchev–Trinajstić information content (AvgIpc) is 2.30. The van der Waals surface area contributed by atoms with E-state index in [-0.39, 0.29) is 18.7 Å². The summed E-state index contributed by atoms with van der Waals surface area (Å²) < 4.78 is 4.62. The van der Waals surface area contributed by atoms with Crippen LogP contribution in [-0.4, -0.2) is 36.5 Å². The van der Waals surface area contributed by atoms with Crippen LogP contribution in [0.2, 0.25) is 0 Å². The molecule has 1 saturated heterocycles. The van der Waals surface area contributed by atoms with E-state index in [0.717, 1.165) is 6.29 Å². The smallest absolute Gasteiger partial charge is 0.410 e. The van der Waals surface area contributed by atoms with E-state index < -0.39 is 0 Å². The summed E-state index contributed by atoms with van der Waals surface area (Å²) in [7, 11) is 0. The van der Waals surface area contributed by atoms with Crippen molar-refractivity contribution in [1.82, 2.24) is 4.90 Å². The molecule has 0 saturated carbocycles. The molecule has 0 aromatic carbocycles. The Hall–Kier alpha value is -1.06. The molecule has 1 heterocycles. The molecule has 0 unspecified atom stereocenters. The highest BCUT2D eigenvalue weighted by Crippen LogP contribution is 2.08. The predicted octanol–water partition coefficient (Wildman–Crippen LogP) is 0.0260. The predicted molar refractivity (Wildman–Crippen MR) is 33.6 cm³/mol. The SMILES string of the molecule is CCN1C(=O)OC[C@H]1C=O. The van der Waals surface area contributed by atoms with E-state index in [2.05, 4.69) is 4.74 Å². The van der Waals surface area contributed by atoms with Crippen LogP contribution in [0.15, 0.2) is 0 Å². The number of hydrogen-bond donors (Lipinski definition) is 0. The minimum atomic E-state index is -0.389. The van der Waals surface area contributed by atoms with Crippen LogP contribution < -0.4 is 0 Å². The number of carbonyl (C=O) groups is 2. The molecule has 1 fully saturated rings. The lowest BCUT2D eigenvalue weighted by Gasteiger charge is -2.12. The van der Waals surface area contributed by atoms with Crippen LogP contribution in [0.3, 0.4) is 0 Å². The molecule has 1 rings (SSSR count). The monoisotopic (exact) mass is 143 g/mol. The summed E-state index contributed by atoms with van der Waals surface area (Å²) in [5, 5.41) is 0. The second-order valence-electron chi connectivity index (χ2n) is 2.07. The van der Waals surface area contributed by atoms with Crippen LogP contribution >= 0.6 is 0 Å². The largest absolute Gasteiger partial charge is 0.447 e. The van der Waals surface area contributed by atoms with Gasteiger partial charge in [-0.2, -0.15) is 0 Å². The second kappa shape index (κ2) is 2.68. The molecule has 4 nitrogen and oxygen atoms in total. The molecule has 0 aliphatic carbocycles. The van der Waals surface area contributed by atoms with Gasteiger partial charge in [-0.1, -0.05) is 0 Å². The van der Waals surface area contributed by atoms with Crippen molar-refractivity contribution in [2.75, 3.05) is 13.2 Å². The average molecular weight is 143 g/mol. The number of cyclic esters (lactones) is 1. The number of likely N-dealkylation sites (N-methyl/N-ethyl adjacent to an activating group) is 1. The van der Waals surface area contributed by atoms with Gasteiger partial charge in [-0.25, -0.2) is 4.79 Å². The zero-order chi connectivity index (χ0) is 7.56. The third-order valence-electron chi connectivity index (χ3n) is 1.51. The number of ether oxygens (including phenoxy) is 1. The molecule has 0 aromatic heterocycles. The maximum Gasteiger partial charge on any atom is 0.410 e. The maximum absolute atomic E-state index is 10.7. The molecule has 10 heavy (non-hydrogen) atoms. The lowest BCUT2D eigenvalue weighted by molar-refractivity contribution is -0.111. The molecule has 0 bridgehead atoms. The second-order valence-corrected chi connectivity index (χ2v) is 2.07. The van der Waals surface area contributed by atoms with E-state index in [0.29, 0.717) is 6.54 Å². The van der Waals surface area contributed by atoms with Crippen molar-refractivity contribution in [3.05, 3.63) is 0 Å². The van der Waals surface area contributed by atoms with Crippen molar-refractivity contribution in [2.24, 2.45) is 0 Å². The minimum absolute atomic E-state index is 0.205. The van der Waals surface area contributed by atoms with Gasteiger partial charge >= 0.3 is 6.09 Å². The lowest BCUT2D eigenvalue weighted by atomic mass is 10.3. The first kappa shape index (κ1) is 7.05. The summed E-state index contributed by atoms with van der Waals surface area (Å²) >= 11 is 0. The highest BCUT2D eigenvalue weighted by molar-refractivity contribution is 5.76. The third kappa shape index (κ3) is 0.964. The number of rotatable bonds is 2. The summed E-state index contributed by atoms with van der Waals surface area (Å²) in [6.45, 7) is 2.54. The Morgan fingerprint density at radius 2 is 2.60 bits per heavy atom. The molecule has 1 aliphatic heterocycles. The molecule has 56 valence electrons. The highest BCUT2D eigenvalue weighted by atomic mass is 16.6. The quantitative estimate of drug-likeness (QED) is 0.512. The molecule has 4 heteroatoms. The van der Waals surface area contributed by atoms with Crippen molar-refractivity contribution in [3.8, 4) is 0 Å². The summed E-state index contributed by atoms with van der Waals surface area (Å²) in [4.78, 5) is 22.4. The maximum atomic E-state index is 10.7. The Kier molecular flexibility index (Phi) is 1.89. The molecule has 0 radical (unpaired) electrons. The minimum Gasteiger partial charge on any atom is -0.447 e. The van der Waals surface area contributed by atoms with Crippen LogP contribution in [-0.2, 0) is 9.53 Å². The van der Waals surface area contributed by atoms with E-state index >= 15 is 0 Å². The van der Waals surface area contributed by atoms with Crippen LogP contribution in [0.4, 0.5) is 4.79 Å². The van der Waals surface area contributed by atoms with Gasteiger partial charge in [-0.3, -0.25) is 4.90 Å². The molecular formula is C6H9NO3. The Bertz CT molecular complexity index is 157. The van der Waals surface area contributed by atoms with E-state index in [9.17, 15) is 9.59 Å².